The number of amides is 1. The Hall–Kier alpha value is -1.01. The lowest BCUT2D eigenvalue weighted by Crippen LogP contribution is -2.65. The number of aliphatic hydroxyl groups excluding tert-OH is 8. The van der Waals surface area contributed by atoms with Gasteiger partial charge in [0.25, 0.3) is 0 Å². The van der Waals surface area contributed by atoms with E-state index in [1.807, 2.05) is 0 Å². The van der Waals surface area contributed by atoms with Crippen LogP contribution in [0.25, 0.3) is 0 Å². The number of hydrogen-bond donors (Lipinski definition) is 9. The van der Waals surface area contributed by atoms with Crippen molar-refractivity contribution in [2.24, 2.45) is 0 Å². The van der Waals surface area contributed by atoms with E-state index >= 15 is 0 Å². The van der Waals surface area contributed by atoms with Crippen molar-refractivity contribution in [3.63, 3.8) is 0 Å². The maximum absolute atomic E-state index is 13.2. The van der Waals surface area contributed by atoms with Gasteiger partial charge in [0.2, 0.25) is 5.91 Å². The second-order valence-electron chi connectivity index (χ2n) is 22.2. The number of nitrogens with one attached hydrogen (secondary N) is 1. The molecule has 0 aromatic carbocycles. The first kappa shape index (κ1) is 68.1. The number of carbonyl (C=O) groups is 1. The summed E-state index contributed by atoms with van der Waals surface area (Å²) in [6.45, 7) is 2.81. The van der Waals surface area contributed by atoms with Gasteiger partial charge in [-0.05, 0) is 12.8 Å². The first-order valence-corrected chi connectivity index (χ1v) is 30.8. The number of unbranched alkanes of at least 4 members (excludes halogenated alkanes) is 37. The molecule has 73 heavy (non-hydrogen) atoms. The summed E-state index contributed by atoms with van der Waals surface area (Å²) in [4.78, 5) is 13.2. The Labute approximate surface area is 444 Å². The van der Waals surface area contributed by atoms with Crippen molar-refractivity contribution >= 4 is 5.91 Å². The molecule has 14 nitrogen and oxygen atoms in total. The number of aliphatic hydroxyl groups is 8. The van der Waals surface area contributed by atoms with Crippen molar-refractivity contribution in [3.8, 4) is 0 Å². The second-order valence-corrected chi connectivity index (χ2v) is 22.2. The third-order valence-electron chi connectivity index (χ3n) is 15.6. The van der Waals surface area contributed by atoms with E-state index in [9.17, 15) is 45.6 Å². The lowest BCUT2D eigenvalue weighted by Gasteiger charge is -2.46. The van der Waals surface area contributed by atoms with E-state index in [2.05, 4.69) is 19.2 Å². The van der Waals surface area contributed by atoms with Crippen LogP contribution in [0.15, 0.2) is 0 Å². The zero-order valence-corrected chi connectivity index (χ0v) is 46.7. The Bertz CT molecular complexity index is 1230. The largest absolute Gasteiger partial charge is 0.394 e. The van der Waals surface area contributed by atoms with Gasteiger partial charge in [-0.2, -0.15) is 0 Å². The Morgan fingerprint density at radius 1 is 0.438 bits per heavy atom. The molecular formula is C59H115NO13. The van der Waals surface area contributed by atoms with Gasteiger partial charge in [0, 0.05) is 6.42 Å². The molecule has 2 heterocycles. The van der Waals surface area contributed by atoms with Gasteiger partial charge in [0.05, 0.1) is 32.0 Å². The third kappa shape index (κ3) is 31.9. The van der Waals surface area contributed by atoms with Gasteiger partial charge in [-0.15, -0.1) is 0 Å². The maximum atomic E-state index is 13.2. The first-order chi connectivity index (χ1) is 35.6. The minimum atomic E-state index is -1.78. The van der Waals surface area contributed by atoms with Crippen molar-refractivity contribution in [1.29, 1.82) is 0 Å². The molecule has 0 radical (unpaired) electrons. The summed E-state index contributed by atoms with van der Waals surface area (Å²) < 4.78 is 22.7. The van der Waals surface area contributed by atoms with Crippen LogP contribution in [0.4, 0.5) is 0 Å². The van der Waals surface area contributed by atoms with Crippen LogP contribution < -0.4 is 5.32 Å². The lowest BCUT2D eigenvalue weighted by molar-refractivity contribution is -0.359. The number of carbonyl (C=O) groups excluding carboxylic acids is 1. The summed E-state index contributed by atoms with van der Waals surface area (Å²) in [6, 6.07) is -0.819. The SMILES string of the molecule is CCCCCCCCCCCCCCCCCCCCCCCCCCCCCCCCCCCC(=O)NC(COC1OC(CO)C(OC2OC(CO)C(O)C(O)C2O)C(O)C1O)C(O)CCCCCCCC. The molecule has 9 N–H and O–H groups in total. The molecule has 2 saturated heterocycles. The molecule has 0 spiro atoms. The quantitative estimate of drug-likeness (QED) is 0.0259. The van der Waals surface area contributed by atoms with Crippen LogP contribution >= 0.6 is 0 Å². The first-order valence-electron chi connectivity index (χ1n) is 30.8. The van der Waals surface area contributed by atoms with Crippen LogP contribution in [-0.2, 0) is 23.7 Å². The topological polar surface area (TPSA) is 228 Å². The van der Waals surface area contributed by atoms with E-state index in [1.54, 1.807) is 0 Å². The van der Waals surface area contributed by atoms with E-state index in [1.165, 1.54) is 186 Å². The van der Waals surface area contributed by atoms with Crippen LogP contribution in [0, 0.1) is 0 Å². The Kier molecular flexibility index (Phi) is 42.9. The summed E-state index contributed by atoms with van der Waals surface area (Å²) in [7, 11) is 0. The average molecular weight is 1050 g/mol. The van der Waals surface area contributed by atoms with Crippen molar-refractivity contribution in [1.82, 2.24) is 5.32 Å². The molecular weight excluding hydrogens is 931 g/mol. The smallest absolute Gasteiger partial charge is 0.220 e. The van der Waals surface area contributed by atoms with Gasteiger partial charge >= 0.3 is 0 Å². The van der Waals surface area contributed by atoms with E-state index in [-0.39, 0.29) is 12.5 Å². The highest BCUT2D eigenvalue weighted by molar-refractivity contribution is 5.76. The van der Waals surface area contributed by atoms with Gasteiger partial charge in [-0.1, -0.05) is 258 Å². The highest BCUT2D eigenvalue weighted by Crippen LogP contribution is 2.30. The molecule has 0 bridgehead atoms. The van der Waals surface area contributed by atoms with E-state index in [4.69, 9.17) is 18.9 Å². The highest BCUT2D eigenvalue weighted by atomic mass is 16.7. The lowest BCUT2D eigenvalue weighted by atomic mass is 9.97. The molecule has 2 fully saturated rings. The fraction of sp³-hybridized carbons (Fsp3) is 0.983. The summed E-state index contributed by atoms with van der Waals surface area (Å²) in [6.07, 6.45) is 34.9. The number of ether oxygens (including phenoxy) is 4. The van der Waals surface area contributed by atoms with Crippen LogP contribution in [0.1, 0.15) is 277 Å². The second kappa shape index (κ2) is 46.0. The molecule has 0 aromatic rings. The van der Waals surface area contributed by atoms with Gasteiger partial charge < -0.3 is 65.1 Å². The Morgan fingerprint density at radius 2 is 0.781 bits per heavy atom. The van der Waals surface area contributed by atoms with E-state index < -0.39 is 86.8 Å². The molecule has 434 valence electrons. The van der Waals surface area contributed by atoms with Gasteiger partial charge in [0.1, 0.15) is 48.8 Å². The molecule has 14 heteroatoms. The van der Waals surface area contributed by atoms with Gasteiger partial charge in [-0.3, -0.25) is 4.79 Å². The maximum Gasteiger partial charge on any atom is 0.220 e. The van der Waals surface area contributed by atoms with Gasteiger partial charge in [-0.25, -0.2) is 0 Å². The summed E-state index contributed by atoms with van der Waals surface area (Å²) in [5.74, 6) is -0.206. The molecule has 2 aliphatic heterocycles. The molecule has 0 saturated carbocycles. The molecule has 0 aliphatic carbocycles. The summed E-state index contributed by atoms with van der Waals surface area (Å²) >= 11 is 0. The fourth-order valence-electron chi connectivity index (χ4n) is 10.6. The predicted molar refractivity (Wildman–Crippen MR) is 291 cm³/mol. The minimum absolute atomic E-state index is 0.206. The highest BCUT2D eigenvalue weighted by Gasteiger charge is 2.51. The van der Waals surface area contributed by atoms with Crippen LogP contribution in [-0.4, -0.2) is 140 Å². The van der Waals surface area contributed by atoms with Crippen LogP contribution in [0.5, 0.6) is 0 Å². The summed E-state index contributed by atoms with van der Waals surface area (Å²) in [5.41, 5.74) is 0. The zero-order chi connectivity index (χ0) is 53.2. The van der Waals surface area contributed by atoms with Gasteiger partial charge in [0.15, 0.2) is 12.6 Å². The van der Waals surface area contributed by atoms with E-state index in [0.717, 1.165) is 64.2 Å². The van der Waals surface area contributed by atoms with Crippen LogP contribution in [0.3, 0.4) is 0 Å². The monoisotopic (exact) mass is 1050 g/mol. The molecule has 2 aliphatic rings. The molecule has 2 rings (SSSR count). The Morgan fingerprint density at radius 3 is 1.16 bits per heavy atom. The Balaban J connectivity index is 1.52. The predicted octanol–water partition coefficient (Wildman–Crippen LogP) is 10.5. The minimum Gasteiger partial charge on any atom is -0.394 e. The van der Waals surface area contributed by atoms with Crippen LogP contribution in [0.2, 0.25) is 0 Å². The fourth-order valence-corrected chi connectivity index (χ4v) is 10.6. The van der Waals surface area contributed by atoms with Crippen molar-refractivity contribution in [2.75, 3.05) is 19.8 Å². The van der Waals surface area contributed by atoms with Crippen molar-refractivity contribution in [3.05, 3.63) is 0 Å². The molecule has 0 aromatic heterocycles. The third-order valence-corrected chi connectivity index (χ3v) is 15.6. The van der Waals surface area contributed by atoms with Crippen molar-refractivity contribution < 1.29 is 64.6 Å². The van der Waals surface area contributed by atoms with Crippen molar-refractivity contribution in [2.45, 2.75) is 351 Å². The zero-order valence-electron chi connectivity index (χ0n) is 46.7. The number of rotatable bonds is 50. The average Bonchev–Trinajstić information content (AvgIpc) is 3.39. The number of hydrogen-bond acceptors (Lipinski definition) is 13. The normalized spacial score (nSPS) is 25.3. The standard InChI is InChI=1S/C59H115NO13/c1-3-5-7-9-11-12-13-14-15-16-17-18-19-20-21-22-23-24-25-26-27-28-29-30-31-32-33-34-35-36-37-39-41-43-51(64)60-47(48(63)42-40-38-10-8-6-4-2)46-70-58-56(69)54(67)57(50(45-62)72-58)73-59-55(68)53(66)52(65)49(44-61)71-59/h47-50,52-59,61-63,65-69H,3-46H2,1-2H3,(H,60,64). The molecule has 12 unspecified atom stereocenters. The molecule has 1 amide bonds. The molecule has 12 atom stereocenters. The summed E-state index contributed by atoms with van der Waals surface area (Å²) in [5, 5.41) is 86.7. The van der Waals surface area contributed by atoms with E-state index in [0.29, 0.717) is 12.8 Å².